The van der Waals surface area contributed by atoms with Crippen molar-refractivity contribution in [2.24, 2.45) is 0 Å². The SMILES string of the molecule is N#C[C@@H](NC(=O)/C=C\c1cccc2cccnc12)c1ccccc1F. The second-order valence-corrected chi connectivity index (χ2v) is 5.35. The molecule has 2 aromatic carbocycles. The third-order valence-electron chi connectivity index (χ3n) is 3.71. The lowest BCUT2D eigenvalue weighted by Crippen LogP contribution is -2.26. The number of amides is 1. The highest BCUT2D eigenvalue weighted by Crippen LogP contribution is 2.18. The summed E-state index contributed by atoms with van der Waals surface area (Å²) in [5.74, 6) is -1.01. The summed E-state index contributed by atoms with van der Waals surface area (Å²) >= 11 is 0. The highest BCUT2D eigenvalue weighted by Gasteiger charge is 2.16. The molecule has 0 aliphatic rings. The van der Waals surface area contributed by atoms with Gasteiger partial charge >= 0.3 is 0 Å². The van der Waals surface area contributed by atoms with E-state index >= 15 is 0 Å². The summed E-state index contributed by atoms with van der Waals surface area (Å²) in [6, 6.07) is 16.2. The third-order valence-corrected chi connectivity index (χ3v) is 3.71. The molecule has 0 unspecified atom stereocenters. The van der Waals surface area contributed by atoms with Crippen molar-refractivity contribution in [3.63, 3.8) is 0 Å². The summed E-state index contributed by atoms with van der Waals surface area (Å²) in [5, 5.41) is 12.7. The second-order valence-electron chi connectivity index (χ2n) is 5.35. The van der Waals surface area contributed by atoms with Crippen molar-refractivity contribution in [3.8, 4) is 6.07 Å². The van der Waals surface area contributed by atoms with Crippen LogP contribution in [-0.4, -0.2) is 10.9 Å². The number of carbonyl (C=O) groups is 1. The van der Waals surface area contributed by atoms with Crippen LogP contribution >= 0.6 is 0 Å². The molecule has 3 aromatic rings. The van der Waals surface area contributed by atoms with Crippen LogP contribution in [0.15, 0.2) is 66.9 Å². The summed E-state index contributed by atoms with van der Waals surface area (Å²) in [6.07, 6.45) is 4.62. The van der Waals surface area contributed by atoms with Gasteiger partial charge in [-0.25, -0.2) is 4.39 Å². The van der Waals surface area contributed by atoms with Gasteiger partial charge in [0.15, 0.2) is 0 Å². The zero-order valence-electron chi connectivity index (χ0n) is 13.2. The fourth-order valence-corrected chi connectivity index (χ4v) is 2.51. The number of nitrogens with one attached hydrogen (secondary N) is 1. The smallest absolute Gasteiger partial charge is 0.245 e. The molecule has 25 heavy (non-hydrogen) atoms. The topological polar surface area (TPSA) is 65.8 Å². The van der Waals surface area contributed by atoms with Crippen molar-refractivity contribution in [1.29, 1.82) is 5.26 Å². The monoisotopic (exact) mass is 331 g/mol. The summed E-state index contributed by atoms with van der Waals surface area (Å²) < 4.78 is 13.8. The van der Waals surface area contributed by atoms with Gasteiger partial charge in [0.1, 0.15) is 11.9 Å². The van der Waals surface area contributed by atoms with Crippen molar-refractivity contribution in [2.75, 3.05) is 0 Å². The van der Waals surface area contributed by atoms with Crippen LogP contribution in [-0.2, 0) is 4.79 Å². The first-order valence-electron chi connectivity index (χ1n) is 7.65. The first kappa shape index (κ1) is 16.3. The van der Waals surface area contributed by atoms with Gasteiger partial charge in [0.05, 0.1) is 11.6 Å². The van der Waals surface area contributed by atoms with Crippen LogP contribution in [0.4, 0.5) is 4.39 Å². The Balaban J connectivity index is 1.79. The maximum absolute atomic E-state index is 13.8. The molecule has 1 amide bonds. The molecule has 122 valence electrons. The number of nitrogens with zero attached hydrogens (tertiary/aromatic N) is 2. The quantitative estimate of drug-likeness (QED) is 0.740. The number of hydrogen-bond acceptors (Lipinski definition) is 3. The Labute approximate surface area is 144 Å². The van der Waals surface area contributed by atoms with Crippen LogP contribution in [0.5, 0.6) is 0 Å². The van der Waals surface area contributed by atoms with Gasteiger partial charge in [-0.15, -0.1) is 0 Å². The fourth-order valence-electron chi connectivity index (χ4n) is 2.51. The van der Waals surface area contributed by atoms with Gasteiger partial charge in [0, 0.05) is 28.8 Å². The van der Waals surface area contributed by atoms with E-state index in [4.69, 9.17) is 0 Å². The molecule has 0 bridgehead atoms. The molecule has 3 rings (SSSR count). The van der Waals surface area contributed by atoms with Crippen LogP contribution in [0, 0.1) is 17.1 Å². The van der Waals surface area contributed by atoms with Gasteiger partial charge in [0.2, 0.25) is 5.91 Å². The van der Waals surface area contributed by atoms with Crippen LogP contribution in [0.3, 0.4) is 0 Å². The standard InChI is InChI=1S/C20H14FN3O/c21-17-9-2-1-8-16(17)18(13-22)24-19(25)11-10-15-6-3-5-14-7-4-12-23-20(14)15/h1-12,18H,(H,24,25)/b11-10-/t18-/m1/s1. The molecule has 0 saturated carbocycles. The summed E-state index contributed by atoms with van der Waals surface area (Å²) in [5.41, 5.74) is 1.70. The van der Waals surface area contributed by atoms with E-state index in [2.05, 4.69) is 10.3 Å². The van der Waals surface area contributed by atoms with Crippen molar-refractivity contribution in [3.05, 3.63) is 83.8 Å². The molecule has 5 heteroatoms. The van der Waals surface area contributed by atoms with E-state index in [1.54, 1.807) is 18.3 Å². The Morgan fingerprint density at radius 2 is 1.96 bits per heavy atom. The molecule has 1 N–H and O–H groups in total. The molecular weight excluding hydrogens is 317 g/mol. The molecule has 0 saturated heterocycles. The highest BCUT2D eigenvalue weighted by atomic mass is 19.1. The fraction of sp³-hybridized carbons (Fsp3) is 0.0500. The first-order valence-corrected chi connectivity index (χ1v) is 7.65. The van der Waals surface area contributed by atoms with Crippen LogP contribution in [0.1, 0.15) is 17.2 Å². The van der Waals surface area contributed by atoms with Gasteiger partial charge in [-0.2, -0.15) is 5.26 Å². The average Bonchev–Trinajstić information content (AvgIpc) is 2.65. The van der Waals surface area contributed by atoms with Gasteiger partial charge in [-0.05, 0) is 18.2 Å². The second kappa shape index (κ2) is 7.37. The Hall–Kier alpha value is -3.52. The van der Waals surface area contributed by atoms with E-state index in [1.165, 1.54) is 24.3 Å². The average molecular weight is 331 g/mol. The molecule has 1 aromatic heterocycles. The number of para-hydroxylation sites is 1. The third kappa shape index (κ3) is 3.70. The van der Waals surface area contributed by atoms with Crippen LogP contribution in [0.25, 0.3) is 17.0 Å². The van der Waals surface area contributed by atoms with Crippen LogP contribution < -0.4 is 5.32 Å². The van der Waals surface area contributed by atoms with Crippen molar-refractivity contribution in [2.45, 2.75) is 6.04 Å². The van der Waals surface area contributed by atoms with Gasteiger partial charge in [-0.3, -0.25) is 9.78 Å². The molecule has 1 atom stereocenters. The highest BCUT2D eigenvalue weighted by molar-refractivity contribution is 5.95. The number of benzene rings is 2. The minimum Gasteiger partial charge on any atom is -0.333 e. The van der Waals surface area contributed by atoms with Crippen molar-refractivity contribution < 1.29 is 9.18 Å². The number of fused-ring (bicyclic) bond motifs is 1. The van der Waals surface area contributed by atoms with Gasteiger partial charge in [0.25, 0.3) is 0 Å². The molecule has 1 heterocycles. The summed E-state index contributed by atoms with van der Waals surface area (Å²) in [6.45, 7) is 0. The summed E-state index contributed by atoms with van der Waals surface area (Å²) in [7, 11) is 0. The van der Waals surface area contributed by atoms with Crippen LogP contribution in [0.2, 0.25) is 0 Å². The largest absolute Gasteiger partial charge is 0.333 e. The van der Waals surface area contributed by atoms with E-state index < -0.39 is 17.8 Å². The molecule has 0 radical (unpaired) electrons. The number of halogens is 1. The number of pyridine rings is 1. The maximum atomic E-state index is 13.8. The van der Waals surface area contributed by atoms with Gasteiger partial charge in [-0.1, -0.05) is 42.5 Å². The normalized spacial score (nSPS) is 12.0. The lowest BCUT2D eigenvalue weighted by Gasteiger charge is -2.11. The Bertz CT molecular complexity index is 986. The Morgan fingerprint density at radius 1 is 1.16 bits per heavy atom. The lowest BCUT2D eigenvalue weighted by molar-refractivity contribution is -0.116. The number of rotatable bonds is 4. The lowest BCUT2D eigenvalue weighted by atomic mass is 10.1. The number of carbonyl (C=O) groups excluding carboxylic acids is 1. The minimum absolute atomic E-state index is 0.138. The number of aromatic nitrogens is 1. The summed E-state index contributed by atoms with van der Waals surface area (Å²) in [4.78, 5) is 16.4. The molecule has 0 fully saturated rings. The molecule has 0 spiro atoms. The Morgan fingerprint density at radius 3 is 2.76 bits per heavy atom. The molecular formula is C20H14FN3O. The van der Waals surface area contributed by atoms with Gasteiger partial charge < -0.3 is 5.32 Å². The van der Waals surface area contributed by atoms with E-state index in [0.717, 1.165) is 16.5 Å². The maximum Gasteiger partial charge on any atom is 0.245 e. The minimum atomic E-state index is -1.05. The van der Waals surface area contributed by atoms with E-state index in [0.29, 0.717) is 0 Å². The first-order chi connectivity index (χ1) is 12.2. The molecule has 0 aliphatic heterocycles. The van der Waals surface area contributed by atoms with Crippen molar-refractivity contribution in [1.82, 2.24) is 10.3 Å². The number of hydrogen-bond donors (Lipinski definition) is 1. The zero-order valence-corrected chi connectivity index (χ0v) is 13.2. The predicted octanol–water partition coefficient (Wildman–Crippen LogP) is 3.77. The van der Waals surface area contributed by atoms with E-state index in [-0.39, 0.29) is 5.56 Å². The Kier molecular flexibility index (Phi) is 4.82. The number of nitriles is 1. The molecule has 0 aliphatic carbocycles. The van der Waals surface area contributed by atoms with E-state index in [9.17, 15) is 14.4 Å². The zero-order chi connectivity index (χ0) is 17.6. The predicted molar refractivity (Wildman–Crippen MR) is 93.7 cm³/mol. The van der Waals surface area contributed by atoms with Crippen molar-refractivity contribution >= 4 is 22.9 Å². The van der Waals surface area contributed by atoms with E-state index in [1.807, 2.05) is 36.4 Å². The molecule has 4 nitrogen and oxygen atoms in total.